The Balaban J connectivity index is 1.52. The number of benzene rings is 1. The molecule has 9 nitrogen and oxygen atoms in total. The Morgan fingerprint density at radius 1 is 1.12 bits per heavy atom. The third-order valence-electron chi connectivity index (χ3n) is 6.53. The highest BCUT2D eigenvalue weighted by Crippen LogP contribution is 2.35. The first-order valence-corrected chi connectivity index (χ1v) is 11.2. The van der Waals surface area contributed by atoms with Gasteiger partial charge in [0.05, 0.1) is 31.5 Å². The molecule has 1 N–H and O–H groups in total. The summed E-state index contributed by atoms with van der Waals surface area (Å²) in [5, 5.41) is 14.7. The Hall–Kier alpha value is -3.27. The van der Waals surface area contributed by atoms with Crippen LogP contribution >= 0.6 is 0 Å². The van der Waals surface area contributed by atoms with Crippen LogP contribution < -0.4 is 4.90 Å². The van der Waals surface area contributed by atoms with Crippen molar-refractivity contribution in [2.24, 2.45) is 0 Å². The molecule has 5 rings (SSSR count). The Bertz CT molecular complexity index is 1190. The van der Waals surface area contributed by atoms with Crippen molar-refractivity contribution in [3.05, 3.63) is 41.3 Å². The first-order valence-electron chi connectivity index (χ1n) is 11.2. The topological polar surface area (TPSA) is 96.6 Å². The lowest BCUT2D eigenvalue weighted by Crippen LogP contribution is -2.43. The third-order valence-corrected chi connectivity index (χ3v) is 6.53. The minimum absolute atomic E-state index is 0.106. The van der Waals surface area contributed by atoms with Gasteiger partial charge in [0.1, 0.15) is 17.8 Å². The lowest BCUT2D eigenvalue weighted by atomic mass is 9.85. The van der Waals surface area contributed by atoms with Crippen molar-refractivity contribution >= 4 is 22.8 Å². The number of morpholine rings is 1. The standard InChI is InChI=1S/C23H27FN6O3/c1-14-9-16-12-25-30(22-11-21(26-15(2)27-22)28-5-7-33-8-6-28)20(16)10-18(14)17-3-4-29(23(31)32)13-19(17)24/h9-12,17,19H,3-8,13H2,1-2H3,(H,31,32). The van der Waals surface area contributed by atoms with Gasteiger partial charge in [0.25, 0.3) is 0 Å². The fourth-order valence-corrected chi connectivity index (χ4v) is 4.81. The van der Waals surface area contributed by atoms with Crippen molar-refractivity contribution < 1.29 is 19.0 Å². The number of fused-ring (bicyclic) bond motifs is 1. The van der Waals surface area contributed by atoms with Crippen molar-refractivity contribution in [3.8, 4) is 5.82 Å². The highest BCUT2D eigenvalue weighted by molar-refractivity contribution is 5.82. The van der Waals surface area contributed by atoms with Gasteiger partial charge in [0.2, 0.25) is 0 Å². The van der Waals surface area contributed by atoms with Gasteiger partial charge in [0, 0.05) is 37.0 Å². The third kappa shape index (κ3) is 4.10. The number of hydrogen-bond donors (Lipinski definition) is 1. The molecular formula is C23H27FN6O3. The molecule has 2 atom stereocenters. The summed E-state index contributed by atoms with van der Waals surface area (Å²) in [5.41, 5.74) is 2.71. The predicted molar refractivity (Wildman–Crippen MR) is 121 cm³/mol. The molecule has 2 fully saturated rings. The molecule has 2 unspecified atom stereocenters. The SMILES string of the molecule is Cc1nc(N2CCOCC2)cc(-n2ncc3cc(C)c(C4CCN(C(=O)O)CC4F)cc32)n1. The Kier molecular flexibility index (Phi) is 5.61. The highest BCUT2D eigenvalue weighted by atomic mass is 19.1. The van der Waals surface area contributed by atoms with Crippen LogP contribution in [0.2, 0.25) is 0 Å². The first kappa shape index (κ1) is 21.6. The number of likely N-dealkylation sites (tertiary alicyclic amines) is 1. The number of carboxylic acid groups (broad SMARTS) is 1. The summed E-state index contributed by atoms with van der Waals surface area (Å²) in [6, 6.07) is 5.92. The highest BCUT2D eigenvalue weighted by Gasteiger charge is 2.33. The smallest absolute Gasteiger partial charge is 0.407 e. The summed E-state index contributed by atoms with van der Waals surface area (Å²) >= 11 is 0. The molecule has 0 aliphatic carbocycles. The summed E-state index contributed by atoms with van der Waals surface area (Å²) in [7, 11) is 0. The lowest BCUT2D eigenvalue weighted by Gasteiger charge is -2.34. The number of anilines is 1. The van der Waals surface area contributed by atoms with Gasteiger partial charge in [-0.25, -0.2) is 23.8 Å². The van der Waals surface area contributed by atoms with Crippen LogP contribution in [0.4, 0.5) is 15.0 Å². The molecular weight excluding hydrogens is 427 g/mol. The minimum Gasteiger partial charge on any atom is -0.465 e. The minimum atomic E-state index is -1.25. The monoisotopic (exact) mass is 454 g/mol. The van der Waals surface area contributed by atoms with Gasteiger partial charge in [-0.05, 0) is 43.5 Å². The number of nitrogens with zero attached hydrogens (tertiary/aromatic N) is 6. The van der Waals surface area contributed by atoms with Crippen LogP contribution in [0.1, 0.15) is 29.3 Å². The van der Waals surface area contributed by atoms with Crippen LogP contribution in [0.3, 0.4) is 0 Å². The van der Waals surface area contributed by atoms with Gasteiger partial charge in [-0.3, -0.25) is 0 Å². The van der Waals surface area contributed by atoms with Gasteiger partial charge in [0.15, 0.2) is 5.82 Å². The van der Waals surface area contributed by atoms with Gasteiger partial charge < -0.3 is 19.6 Å². The number of halogens is 1. The molecule has 0 spiro atoms. The fourth-order valence-electron chi connectivity index (χ4n) is 4.81. The van der Waals surface area contributed by atoms with Crippen LogP contribution in [-0.4, -0.2) is 81.4 Å². The Labute approximate surface area is 190 Å². The maximum absolute atomic E-state index is 15.0. The van der Waals surface area contributed by atoms with Gasteiger partial charge >= 0.3 is 6.09 Å². The van der Waals surface area contributed by atoms with Crippen molar-refractivity contribution in [3.63, 3.8) is 0 Å². The van der Waals surface area contributed by atoms with E-state index < -0.39 is 12.3 Å². The number of piperidine rings is 1. The van der Waals surface area contributed by atoms with Gasteiger partial charge in [-0.2, -0.15) is 5.10 Å². The van der Waals surface area contributed by atoms with E-state index >= 15 is 4.39 Å². The molecule has 2 aliphatic heterocycles. The molecule has 10 heteroatoms. The van der Waals surface area contributed by atoms with Crippen LogP contribution in [0.5, 0.6) is 0 Å². The summed E-state index contributed by atoms with van der Waals surface area (Å²) in [5.74, 6) is 1.78. The van der Waals surface area contributed by atoms with Crippen LogP contribution in [0.15, 0.2) is 24.4 Å². The second-order valence-electron chi connectivity index (χ2n) is 8.69. The van der Waals surface area contributed by atoms with Crippen LogP contribution in [0, 0.1) is 13.8 Å². The van der Waals surface area contributed by atoms with Crippen molar-refractivity contribution in [2.45, 2.75) is 32.4 Å². The lowest BCUT2D eigenvalue weighted by molar-refractivity contribution is 0.0962. The number of amides is 1. The van der Waals surface area contributed by atoms with E-state index in [4.69, 9.17) is 4.74 Å². The quantitative estimate of drug-likeness (QED) is 0.650. The molecule has 0 bridgehead atoms. The first-order chi connectivity index (χ1) is 15.9. The average molecular weight is 455 g/mol. The molecule has 174 valence electrons. The molecule has 4 heterocycles. The number of carbonyl (C=O) groups is 1. The van der Waals surface area contributed by atoms with Crippen LogP contribution in [-0.2, 0) is 4.74 Å². The average Bonchev–Trinajstić information content (AvgIpc) is 3.21. The van der Waals surface area contributed by atoms with E-state index in [9.17, 15) is 9.90 Å². The van der Waals surface area contributed by atoms with E-state index in [-0.39, 0.29) is 12.5 Å². The Morgan fingerprint density at radius 3 is 2.61 bits per heavy atom. The molecule has 2 saturated heterocycles. The molecule has 1 aromatic carbocycles. The van der Waals surface area contributed by atoms with E-state index in [0.717, 1.165) is 45.8 Å². The maximum atomic E-state index is 15.0. The molecule has 2 aromatic heterocycles. The fraction of sp³-hybridized carbons (Fsp3) is 0.478. The van der Waals surface area contributed by atoms with Crippen molar-refractivity contribution in [1.82, 2.24) is 24.6 Å². The van der Waals surface area contributed by atoms with E-state index in [1.807, 2.05) is 32.0 Å². The largest absolute Gasteiger partial charge is 0.465 e. The maximum Gasteiger partial charge on any atom is 0.407 e. The van der Waals surface area contributed by atoms with E-state index in [0.29, 0.717) is 37.8 Å². The number of rotatable bonds is 3. The second kappa shape index (κ2) is 8.58. The molecule has 0 saturated carbocycles. The zero-order chi connectivity index (χ0) is 23.1. The molecule has 0 radical (unpaired) electrons. The normalized spacial score (nSPS) is 21.5. The van der Waals surface area contributed by atoms with Crippen molar-refractivity contribution in [1.29, 1.82) is 0 Å². The molecule has 1 amide bonds. The zero-order valence-electron chi connectivity index (χ0n) is 18.7. The van der Waals surface area contributed by atoms with E-state index in [1.54, 1.807) is 10.9 Å². The van der Waals surface area contributed by atoms with E-state index in [1.165, 1.54) is 0 Å². The Morgan fingerprint density at radius 2 is 1.88 bits per heavy atom. The van der Waals surface area contributed by atoms with Crippen molar-refractivity contribution in [2.75, 3.05) is 44.3 Å². The van der Waals surface area contributed by atoms with Gasteiger partial charge in [-0.15, -0.1) is 0 Å². The van der Waals surface area contributed by atoms with Crippen LogP contribution in [0.25, 0.3) is 16.7 Å². The number of aryl methyl sites for hydroxylation is 2. The molecule has 33 heavy (non-hydrogen) atoms. The summed E-state index contributed by atoms with van der Waals surface area (Å²) in [4.78, 5) is 23.8. The number of ether oxygens (including phenoxy) is 1. The summed E-state index contributed by atoms with van der Waals surface area (Å²) in [6.07, 6.45) is -0.0900. The second-order valence-corrected chi connectivity index (χ2v) is 8.69. The summed E-state index contributed by atoms with van der Waals surface area (Å²) in [6.45, 7) is 6.91. The van der Waals surface area contributed by atoms with Gasteiger partial charge in [-0.1, -0.05) is 0 Å². The zero-order valence-corrected chi connectivity index (χ0v) is 18.7. The number of alkyl halides is 1. The number of aromatic nitrogens is 4. The van der Waals surface area contributed by atoms with E-state index in [2.05, 4.69) is 20.0 Å². The summed E-state index contributed by atoms with van der Waals surface area (Å²) < 4.78 is 22.2. The molecule has 3 aromatic rings. The predicted octanol–water partition coefficient (Wildman–Crippen LogP) is 3.07. The number of hydrogen-bond acceptors (Lipinski definition) is 6. The molecule has 2 aliphatic rings.